The third-order valence-electron chi connectivity index (χ3n) is 3.41. The monoisotopic (exact) mass is 325 g/mol. The van der Waals surface area contributed by atoms with Gasteiger partial charge in [0.05, 0.1) is 23.9 Å². The Morgan fingerprint density at radius 2 is 2.41 bits per heavy atom. The zero-order valence-corrected chi connectivity index (χ0v) is 13.8. The number of hydrogen-bond donors (Lipinski definition) is 3. The van der Waals surface area contributed by atoms with Gasteiger partial charge < -0.3 is 20.6 Å². The summed E-state index contributed by atoms with van der Waals surface area (Å²) in [5.74, 6) is 0.694. The molecule has 3 N–H and O–H groups in total. The molecule has 0 aliphatic carbocycles. The number of likely N-dealkylation sites (tertiary alicyclic amines) is 1. The van der Waals surface area contributed by atoms with E-state index in [1.165, 1.54) is 11.3 Å². The summed E-state index contributed by atoms with van der Waals surface area (Å²) in [5, 5.41) is 15.7. The molecule has 1 aromatic rings. The molecule has 1 amide bonds. The first kappa shape index (κ1) is 16.7. The van der Waals surface area contributed by atoms with Crippen molar-refractivity contribution in [1.29, 1.82) is 0 Å². The first-order valence-electron chi connectivity index (χ1n) is 7.51. The van der Waals surface area contributed by atoms with Crippen molar-refractivity contribution in [2.24, 2.45) is 4.99 Å². The summed E-state index contributed by atoms with van der Waals surface area (Å²) in [4.78, 5) is 23.2. The van der Waals surface area contributed by atoms with E-state index in [1.54, 1.807) is 5.51 Å². The summed E-state index contributed by atoms with van der Waals surface area (Å²) < 4.78 is 0. The minimum Gasteiger partial charge on any atom is -0.391 e. The summed E-state index contributed by atoms with van der Waals surface area (Å²) in [5.41, 5.74) is 2.43. The van der Waals surface area contributed by atoms with Crippen molar-refractivity contribution in [2.75, 3.05) is 32.7 Å². The fourth-order valence-electron chi connectivity index (χ4n) is 2.29. The minimum absolute atomic E-state index is 0.100. The smallest absolute Gasteiger partial charge is 0.263 e. The number of aryl methyl sites for hydroxylation is 1. The number of thiazole rings is 1. The van der Waals surface area contributed by atoms with Crippen molar-refractivity contribution in [3.05, 3.63) is 16.1 Å². The number of aliphatic hydroxyl groups is 1. The molecule has 1 fully saturated rings. The molecule has 7 nitrogen and oxygen atoms in total. The minimum atomic E-state index is -0.280. The van der Waals surface area contributed by atoms with Gasteiger partial charge in [-0.2, -0.15) is 0 Å². The Morgan fingerprint density at radius 1 is 1.59 bits per heavy atom. The number of aliphatic hydroxyl groups excluding tert-OH is 1. The van der Waals surface area contributed by atoms with E-state index in [-0.39, 0.29) is 12.0 Å². The predicted octanol–water partition coefficient (Wildman–Crippen LogP) is 0.213. The Hall–Kier alpha value is -1.67. The largest absolute Gasteiger partial charge is 0.391 e. The molecule has 2 rings (SSSR count). The van der Waals surface area contributed by atoms with Gasteiger partial charge in [-0.25, -0.2) is 4.98 Å². The maximum Gasteiger partial charge on any atom is 0.263 e. The number of rotatable bonds is 5. The van der Waals surface area contributed by atoms with E-state index < -0.39 is 0 Å². The third-order valence-corrected chi connectivity index (χ3v) is 4.34. The van der Waals surface area contributed by atoms with Crippen LogP contribution in [0, 0.1) is 6.92 Å². The van der Waals surface area contributed by atoms with Gasteiger partial charge in [-0.1, -0.05) is 0 Å². The number of carbonyl (C=O) groups is 1. The molecule has 0 aromatic carbocycles. The van der Waals surface area contributed by atoms with Gasteiger partial charge >= 0.3 is 0 Å². The molecule has 0 radical (unpaired) electrons. The number of β-amino-alcohol motifs (C(OH)–C–C–N with tert-alkyl or cyclic N) is 1. The van der Waals surface area contributed by atoms with E-state index >= 15 is 0 Å². The van der Waals surface area contributed by atoms with E-state index in [1.807, 2.05) is 18.7 Å². The number of amides is 1. The fourth-order valence-corrected chi connectivity index (χ4v) is 3.01. The highest BCUT2D eigenvalue weighted by Gasteiger charge is 2.22. The second kappa shape index (κ2) is 8.09. The fraction of sp³-hybridized carbons (Fsp3) is 0.643. The second-order valence-corrected chi connectivity index (χ2v) is 6.00. The predicted molar refractivity (Wildman–Crippen MR) is 87.4 cm³/mol. The SMILES string of the molecule is CCNC(=NCCNC(=O)c1scnc1C)N1CC[C@@H](O)C1. The van der Waals surface area contributed by atoms with Crippen LogP contribution in [0.25, 0.3) is 0 Å². The van der Waals surface area contributed by atoms with Crippen LogP contribution in [-0.4, -0.2) is 65.7 Å². The Morgan fingerprint density at radius 3 is 3.00 bits per heavy atom. The van der Waals surface area contributed by atoms with Crippen molar-refractivity contribution in [3.8, 4) is 0 Å². The molecule has 1 saturated heterocycles. The highest BCUT2D eigenvalue weighted by Crippen LogP contribution is 2.11. The van der Waals surface area contributed by atoms with Gasteiger partial charge in [0, 0.05) is 26.2 Å². The molecule has 1 aromatic heterocycles. The lowest BCUT2D eigenvalue weighted by Crippen LogP contribution is -2.41. The number of nitrogens with one attached hydrogen (secondary N) is 2. The Balaban J connectivity index is 1.81. The van der Waals surface area contributed by atoms with Crippen molar-refractivity contribution in [3.63, 3.8) is 0 Å². The lowest BCUT2D eigenvalue weighted by Gasteiger charge is -2.20. The van der Waals surface area contributed by atoms with Gasteiger partial charge in [0.25, 0.3) is 5.91 Å². The van der Waals surface area contributed by atoms with Gasteiger partial charge in [-0.3, -0.25) is 9.79 Å². The van der Waals surface area contributed by atoms with Gasteiger partial charge in [0.2, 0.25) is 0 Å². The average molecular weight is 325 g/mol. The molecular weight excluding hydrogens is 302 g/mol. The van der Waals surface area contributed by atoms with Crippen molar-refractivity contribution >= 4 is 23.2 Å². The molecule has 122 valence electrons. The number of hydrogen-bond acceptors (Lipinski definition) is 5. The van der Waals surface area contributed by atoms with Crippen LogP contribution in [0.3, 0.4) is 0 Å². The van der Waals surface area contributed by atoms with Crippen molar-refractivity contribution in [2.45, 2.75) is 26.4 Å². The topological polar surface area (TPSA) is 89.8 Å². The molecule has 8 heteroatoms. The molecular formula is C14H23N5O2S. The van der Waals surface area contributed by atoms with Crippen molar-refractivity contribution in [1.82, 2.24) is 20.5 Å². The number of aromatic nitrogens is 1. The van der Waals surface area contributed by atoms with E-state index in [0.717, 1.165) is 31.2 Å². The van der Waals surface area contributed by atoms with Gasteiger partial charge in [-0.05, 0) is 20.3 Å². The van der Waals surface area contributed by atoms with Crippen LogP contribution in [0.15, 0.2) is 10.5 Å². The van der Waals surface area contributed by atoms with Crippen LogP contribution in [0.1, 0.15) is 28.7 Å². The quantitative estimate of drug-likeness (QED) is 0.409. The maximum absolute atomic E-state index is 11.9. The third kappa shape index (κ3) is 4.41. The standard InChI is InChI=1S/C14H23N5O2S/c1-3-15-14(19-7-4-11(20)8-19)17-6-5-16-13(21)12-10(2)18-9-22-12/h9,11,20H,3-8H2,1-2H3,(H,15,17)(H,16,21)/t11-/m1/s1. The van der Waals surface area contributed by atoms with Crippen LogP contribution in [0.4, 0.5) is 0 Å². The van der Waals surface area contributed by atoms with Gasteiger partial charge in [0.1, 0.15) is 4.88 Å². The molecule has 0 saturated carbocycles. The maximum atomic E-state index is 11.9. The molecule has 1 aliphatic heterocycles. The van der Waals surface area contributed by atoms with E-state index in [2.05, 4.69) is 20.6 Å². The first-order chi connectivity index (χ1) is 10.6. The zero-order valence-electron chi connectivity index (χ0n) is 13.0. The normalized spacial score (nSPS) is 18.6. The second-order valence-electron chi connectivity index (χ2n) is 5.15. The molecule has 2 heterocycles. The van der Waals surface area contributed by atoms with E-state index in [4.69, 9.17) is 0 Å². The van der Waals surface area contributed by atoms with Crippen LogP contribution in [0.5, 0.6) is 0 Å². The molecule has 0 spiro atoms. The number of aliphatic imine (C=N–C) groups is 1. The lowest BCUT2D eigenvalue weighted by molar-refractivity contribution is 0.0958. The highest BCUT2D eigenvalue weighted by molar-refractivity contribution is 7.11. The summed E-state index contributed by atoms with van der Waals surface area (Å²) in [7, 11) is 0. The summed E-state index contributed by atoms with van der Waals surface area (Å²) in [6.07, 6.45) is 0.490. The van der Waals surface area contributed by atoms with E-state index in [0.29, 0.717) is 24.5 Å². The van der Waals surface area contributed by atoms with Gasteiger partial charge in [0.15, 0.2) is 5.96 Å². The molecule has 0 bridgehead atoms. The van der Waals surface area contributed by atoms with Gasteiger partial charge in [-0.15, -0.1) is 11.3 Å². The Kier molecular flexibility index (Phi) is 6.14. The van der Waals surface area contributed by atoms with Crippen LogP contribution in [-0.2, 0) is 0 Å². The van der Waals surface area contributed by atoms with Crippen LogP contribution >= 0.6 is 11.3 Å². The Bertz CT molecular complexity index is 531. The number of guanidine groups is 1. The highest BCUT2D eigenvalue weighted by atomic mass is 32.1. The number of carbonyl (C=O) groups excluding carboxylic acids is 1. The molecule has 22 heavy (non-hydrogen) atoms. The summed E-state index contributed by atoms with van der Waals surface area (Å²) in [6.45, 7) is 7.00. The average Bonchev–Trinajstić information content (AvgIpc) is 3.10. The Labute approximate surface area is 134 Å². The molecule has 0 unspecified atom stereocenters. The molecule has 1 aliphatic rings. The van der Waals surface area contributed by atoms with Crippen LogP contribution < -0.4 is 10.6 Å². The summed E-state index contributed by atoms with van der Waals surface area (Å²) >= 11 is 1.34. The first-order valence-corrected chi connectivity index (χ1v) is 8.39. The van der Waals surface area contributed by atoms with Crippen molar-refractivity contribution < 1.29 is 9.90 Å². The van der Waals surface area contributed by atoms with E-state index in [9.17, 15) is 9.90 Å². The zero-order chi connectivity index (χ0) is 15.9. The molecule has 1 atom stereocenters. The van der Waals surface area contributed by atoms with Crippen LogP contribution in [0.2, 0.25) is 0 Å². The number of nitrogens with zero attached hydrogens (tertiary/aromatic N) is 3. The lowest BCUT2D eigenvalue weighted by atomic mass is 10.3. The summed E-state index contributed by atoms with van der Waals surface area (Å²) in [6, 6.07) is 0.